The Morgan fingerprint density at radius 2 is 1.04 bits per heavy atom. The maximum atomic E-state index is 12.2. The van der Waals surface area contributed by atoms with Crippen molar-refractivity contribution < 1.29 is 28.9 Å². The number of anilines is 2. The van der Waals surface area contributed by atoms with Crippen LogP contribution < -0.4 is 20.1 Å². The van der Waals surface area contributed by atoms with Crippen molar-refractivity contribution in [3.63, 3.8) is 0 Å². The van der Waals surface area contributed by atoms with Gasteiger partial charge in [0.2, 0.25) is 0 Å². The second-order valence-corrected chi connectivity index (χ2v) is 10.9. The molecule has 248 valence electrons. The normalized spacial score (nSPS) is 10.6. The molecule has 0 heterocycles. The second kappa shape index (κ2) is 20.2. The molecule has 0 saturated carbocycles. The summed E-state index contributed by atoms with van der Waals surface area (Å²) in [5, 5.41) is 28.0. The standard InChI is InChI=1S/C34H44N4O8/c1-44-34(39)27-24-32(26-33(25-27)46-23-21-36-29-14-18-31(19-15-29)38(42)43)45-22-11-9-7-5-3-2-4-6-8-10-20-35-28-12-16-30(17-13-28)37(40)41/h12-19,24-26,35-36H,2-11,20-23H2,1H3. The molecule has 0 aromatic heterocycles. The maximum Gasteiger partial charge on any atom is 0.338 e. The molecular formula is C34H44N4O8. The minimum atomic E-state index is -0.474. The van der Waals surface area contributed by atoms with E-state index in [2.05, 4.69) is 10.6 Å². The maximum absolute atomic E-state index is 12.2. The number of carbonyl (C=O) groups is 1. The first kappa shape index (κ1) is 35.6. The van der Waals surface area contributed by atoms with E-state index in [4.69, 9.17) is 14.2 Å². The summed E-state index contributed by atoms with van der Waals surface area (Å²) < 4.78 is 16.6. The number of nitrogens with zero attached hydrogens (tertiary/aromatic N) is 2. The van der Waals surface area contributed by atoms with Crippen molar-refractivity contribution in [2.75, 3.05) is 44.0 Å². The lowest BCUT2D eigenvalue weighted by molar-refractivity contribution is -0.385. The second-order valence-electron chi connectivity index (χ2n) is 10.9. The molecule has 0 aliphatic heterocycles. The predicted octanol–water partition coefficient (Wildman–Crippen LogP) is 8.17. The van der Waals surface area contributed by atoms with E-state index in [1.807, 2.05) is 0 Å². The lowest BCUT2D eigenvalue weighted by Crippen LogP contribution is -2.12. The molecule has 12 nitrogen and oxygen atoms in total. The van der Waals surface area contributed by atoms with Gasteiger partial charge in [-0.15, -0.1) is 0 Å². The number of ether oxygens (including phenoxy) is 3. The minimum Gasteiger partial charge on any atom is -0.493 e. The van der Waals surface area contributed by atoms with Gasteiger partial charge in [0.1, 0.15) is 18.1 Å². The van der Waals surface area contributed by atoms with E-state index in [1.165, 1.54) is 69.9 Å². The van der Waals surface area contributed by atoms with Crippen LogP contribution in [0.15, 0.2) is 66.7 Å². The Kier molecular flexibility index (Phi) is 15.6. The van der Waals surface area contributed by atoms with Gasteiger partial charge in [0, 0.05) is 54.8 Å². The highest BCUT2D eigenvalue weighted by molar-refractivity contribution is 5.90. The van der Waals surface area contributed by atoms with Crippen LogP contribution >= 0.6 is 0 Å². The van der Waals surface area contributed by atoms with E-state index in [0.29, 0.717) is 36.8 Å². The molecule has 2 N–H and O–H groups in total. The number of methoxy groups -OCH3 is 1. The molecule has 3 aromatic rings. The summed E-state index contributed by atoms with van der Waals surface area (Å²) >= 11 is 0. The molecule has 0 amide bonds. The molecule has 0 aliphatic rings. The van der Waals surface area contributed by atoms with Gasteiger partial charge >= 0.3 is 5.97 Å². The molecule has 0 fully saturated rings. The van der Waals surface area contributed by atoms with Gasteiger partial charge in [-0.2, -0.15) is 0 Å². The first-order valence-corrected chi connectivity index (χ1v) is 15.8. The van der Waals surface area contributed by atoms with Crippen molar-refractivity contribution in [3.8, 4) is 11.5 Å². The third-order valence-corrected chi connectivity index (χ3v) is 7.33. The van der Waals surface area contributed by atoms with Crippen molar-refractivity contribution >= 4 is 28.7 Å². The molecule has 0 atom stereocenters. The van der Waals surface area contributed by atoms with E-state index < -0.39 is 15.8 Å². The van der Waals surface area contributed by atoms with Crippen molar-refractivity contribution in [1.82, 2.24) is 0 Å². The summed E-state index contributed by atoms with van der Waals surface area (Å²) in [6, 6.07) is 17.7. The van der Waals surface area contributed by atoms with Crippen LogP contribution in [-0.2, 0) is 4.74 Å². The van der Waals surface area contributed by atoms with Gasteiger partial charge in [0.15, 0.2) is 0 Å². The zero-order chi connectivity index (χ0) is 33.0. The van der Waals surface area contributed by atoms with Gasteiger partial charge < -0.3 is 24.8 Å². The Bertz CT molecular complexity index is 1370. The first-order chi connectivity index (χ1) is 22.4. The van der Waals surface area contributed by atoms with Crippen LogP contribution in [0.25, 0.3) is 0 Å². The lowest BCUT2D eigenvalue weighted by atomic mass is 10.1. The monoisotopic (exact) mass is 636 g/mol. The van der Waals surface area contributed by atoms with Gasteiger partial charge in [0.05, 0.1) is 29.1 Å². The van der Waals surface area contributed by atoms with E-state index >= 15 is 0 Å². The van der Waals surface area contributed by atoms with E-state index in [1.54, 1.807) is 42.5 Å². The lowest BCUT2D eigenvalue weighted by Gasteiger charge is -2.12. The van der Waals surface area contributed by atoms with Gasteiger partial charge in [0.25, 0.3) is 11.4 Å². The number of nitro groups is 2. The summed E-state index contributed by atoms with van der Waals surface area (Å²) in [7, 11) is 1.33. The minimum absolute atomic E-state index is 0.0296. The van der Waals surface area contributed by atoms with Crippen LogP contribution in [-0.4, -0.2) is 49.2 Å². The fourth-order valence-corrected chi connectivity index (χ4v) is 4.80. The molecule has 46 heavy (non-hydrogen) atoms. The molecule has 0 radical (unpaired) electrons. The fourth-order valence-electron chi connectivity index (χ4n) is 4.80. The first-order valence-electron chi connectivity index (χ1n) is 15.8. The number of hydrogen-bond acceptors (Lipinski definition) is 10. The van der Waals surface area contributed by atoms with Crippen molar-refractivity contribution in [2.45, 2.75) is 64.2 Å². The number of non-ortho nitro benzene ring substituents is 2. The highest BCUT2D eigenvalue weighted by Crippen LogP contribution is 2.24. The van der Waals surface area contributed by atoms with Crippen LogP contribution in [0, 0.1) is 20.2 Å². The number of esters is 1. The van der Waals surface area contributed by atoms with Crippen molar-refractivity contribution in [2.24, 2.45) is 0 Å². The van der Waals surface area contributed by atoms with Gasteiger partial charge in [-0.05, 0) is 49.2 Å². The Morgan fingerprint density at radius 1 is 0.609 bits per heavy atom. The summed E-state index contributed by atoms with van der Waals surface area (Å²) in [6.07, 6.45) is 11.5. The number of unbranched alkanes of at least 4 members (excludes halogenated alkanes) is 9. The van der Waals surface area contributed by atoms with Crippen LogP contribution in [0.5, 0.6) is 11.5 Å². The number of rotatable bonds is 23. The van der Waals surface area contributed by atoms with Crippen LogP contribution in [0.3, 0.4) is 0 Å². The van der Waals surface area contributed by atoms with Gasteiger partial charge in [-0.3, -0.25) is 20.2 Å². The molecule has 0 saturated heterocycles. The molecular weight excluding hydrogens is 592 g/mol. The zero-order valence-corrected chi connectivity index (χ0v) is 26.4. The number of hydrogen-bond donors (Lipinski definition) is 2. The van der Waals surface area contributed by atoms with E-state index in [9.17, 15) is 25.0 Å². The van der Waals surface area contributed by atoms with Crippen LogP contribution in [0.2, 0.25) is 0 Å². The quantitative estimate of drug-likeness (QED) is 0.0450. The van der Waals surface area contributed by atoms with Gasteiger partial charge in [-0.25, -0.2) is 4.79 Å². The molecule has 0 aliphatic carbocycles. The number of carbonyl (C=O) groups excluding carboxylic acids is 1. The summed E-state index contributed by atoms with van der Waals surface area (Å²) in [5.41, 5.74) is 2.13. The third-order valence-electron chi connectivity index (χ3n) is 7.33. The van der Waals surface area contributed by atoms with Gasteiger partial charge in [-0.1, -0.05) is 51.4 Å². The molecule has 0 spiro atoms. The topological polar surface area (TPSA) is 155 Å². The summed E-state index contributed by atoms with van der Waals surface area (Å²) in [6.45, 7) is 2.17. The summed E-state index contributed by atoms with van der Waals surface area (Å²) in [5.74, 6) is 0.562. The predicted molar refractivity (Wildman–Crippen MR) is 178 cm³/mol. The fraction of sp³-hybridized carbons (Fsp3) is 0.441. The SMILES string of the molecule is COC(=O)c1cc(OCCCCCCCCCCCCNc2ccc([N+](=O)[O-])cc2)cc(OCCNc2ccc([N+](=O)[O-])cc2)c1. The molecule has 0 unspecified atom stereocenters. The van der Waals surface area contributed by atoms with Crippen LogP contribution in [0.4, 0.5) is 22.7 Å². The molecule has 12 heteroatoms. The third kappa shape index (κ3) is 13.4. The Labute approximate surface area is 269 Å². The Balaban J connectivity index is 1.23. The highest BCUT2D eigenvalue weighted by Gasteiger charge is 2.11. The zero-order valence-electron chi connectivity index (χ0n) is 26.4. The number of benzene rings is 3. The van der Waals surface area contributed by atoms with Crippen molar-refractivity contribution in [1.29, 1.82) is 0 Å². The van der Waals surface area contributed by atoms with E-state index in [-0.39, 0.29) is 11.4 Å². The largest absolute Gasteiger partial charge is 0.493 e. The number of nitro benzene ring substituents is 2. The molecule has 3 rings (SSSR count). The highest BCUT2D eigenvalue weighted by atomic mass is 16.6. The summed E-state index contributed by atoms with van der Waals surface area (Å²) in [4.78, 5) is 32.8. The van der Waals surface area contributed by atoms with Crippen LogP contribution in [0.1, 0.15) is 74.6 Å². The molecule has 3 aromatic carbocycles. The average Bonchev–Trinajstić information content (AvgIpc) is 3.06. The number of nitrogens with one attached hydrogen (secondary N) is 2. The smallest absolute Gasteiger partial charge is 0.338 e. The Morgan fingerprint density at radius 3 is 1.52 bits per heavy atom. The Hall–Kier alpha value is -4.87. The van der Waals surface area contributed by atoms with Crippen molar-refractivity contribution in [3.05, 3.63) is 92.5 Å². The molecule has 0 bridgehead atoms. The average molecular weight is 637 g/mol. The van der Waals surface area contributed by atoms with E-state index in [0.717, 1.165) is 43.6 Å².